The Balaban J connectivity index is 1.62. The summed E-state index contributed by atoms with van der Waals surface area (Å²) in [7, 11) is -1.92. The van der Waals surface area contributed by atoms with Crippen LogP contribution in [0.5, 0.6) is 5.75 Å². The molecule has 1 aromatic heterocycles. The Bertz CT molecular complexity index is 924. The van der Waals surface area contributed by atoms with Gasteiger partial charge in [-0.1, -0.05) is 13.3 Å². The van der Waals surface area contributed by atoms with E-state index in [2.05, 4.69) is 12.0 Å². The summed E-state index contributed by atoms with van der Waals surface area (Å²) in [6.45, 7) is 4.29. The largest absolute Gasteiger partial charge is 0.494 e. The molecule has 0 bridgehead atoms. The molecule has 0 N–H and O–H groups in total. The van der Waals surface area contributed by atoms with Gasteiger partial charge in [0.05, 0.1) is 12.8 Å². The maximum Gasteiger partial charge on any atom is 0.253 e. The molecule has 1 aliphatic rings. The Labute approximate surface area is 172 Å². The van der Waals surface area contributed by atoms with E-state index in [0.29, 0.717) is 38.2 Å². The van der Waals surface area contributed by atoms with E-state index < -0.39 is 10.0 Å². The van der Waals surface area contributed by atoms with Gasteiger partial charge in [-0.2, -0.15) is 9.40 Å². The van der Waals surface area contributed by atoms with Gasteiger partial charge in [-0.3, -0.25) is 9.48 Å². The lowest BCUT2D eigenvalue weighted by atomic mass is 10.2. The lowest BCUT2D eigenvalue weighted by Crippen LogP contribution is -2.37. The van der Waals surface area contributed by atoms with Crippen LogP contribution in [0.25, 0.3) is 0 Å². The highest BCUT2D eigenvalue weighted by Gasteiger charge is 2.29. The van der Waals surface area contributed by atoms with E-state index in [0.717, 1.165) is 18.6 Å². The van der Waals surface area contributed by atoms with Crippen molar-refractivity contribution in [1.82, 2.24) is 19.0 Å². The van der Waals surface area contributed by atoms with Crippen molar-refractivity contribution in [3.8, 4) is 5.75 Å². The van der Waals surface area contributed by atoms with Crippen molar-refractivity contribution in [3.63, 3.8) is 0 Å². The molecule has 1 aromatic carbocycles. The van der Waals surface area contributed by atoms with Crippen LogP contribution in [0, 0.1) is 0 Å². The number of hydrogen-bond acceptors (Lipinski definition) is 5. The van der Waals surface area contributed by atoms with Crippen LogP contribution in [0.15, 0.2) is 41.6 Å². The SMILES string of the molecule is CCCCOc1ccc(C(=O)N2CCCN(S(=O)(=O)c3cnn(C)c3)CC2)cc1. The number of amides is 1. The fourth-order valence-electron chi connectivity index (χ4n) is 3.23. The smallest absolute Gasteiger partial charge is 0.253 e. The van der Waals surface area contributed by atoms with E-state index in [1.165, 1.54) is 21.4 Å². The van der Waals surface area contributed by atoms with Crippen LogP contribution in [-0.4, -0.2) is 66.1 Å². The molecule has 2 heterocycles. The fraction of sp³-hybridized carbons (Fsp3) is 0.500. The third-order valence-corrected chi connectivity index (χ3v) is 6.78. The van der Waals surface area contributed by atoms with Gasteiger partial charge in [-0.05, 0) is 37.1 Å². The molecule has 0 atom stereocenters. The zero-order valence-electron chi connectivity index (χ0n) is 17.0. The van der Waals surface area contributed by atoms with E-state index in [9.17, 15) is 13.2 Å². The number of hydrogen-bond donors (Lipinski definition) is 0. The number of rotatable bonds is 7. The van der Waals surface area contributed by atoms with Gasteiger partial charge in [0.1, 0.15) is 10.6 Å². The standard InChI is InChI=1S/C20H28N4O4S/c1-3-4-14-28-18-8-6-17(7-9-18)20(25)23-10-5-11-24(13-12-23)29(26,27)19-15-21-22(2)16-19/h6-9,15-16H,3-5,10-14H2,1-2H3. The molecule has 1 fully saturated rings. The molecule has 0 saturated carbocycles. The van der Waals surface area contributed by atoms with Crippen LogP contribution in [0.2, 0.25) is 0 Å². The van der Waals surface area contributed by atoms with E-state index in [4.69, 9.17) is 4.74 Å². The van der Waals surface area contributed by atoms with Gasteiger partial charge in [0.25, 0.3) is 5.91 Å². The summed E-state index contributed by atoms with van der Waals surface area (Å²) in [6.07, 6.45) is 5.50. The molecule has 1 aliphatic heterocycles. The topological polar surface area (TPSA) is 84.7 Å². The molecule has 1 saturated heterocycles. The van der Waals surface area contributed by atoms with Crippen LogP contribution in [0.4, 0.5) is 0 Å². The molecule has 8 nitrogen and oxygen atoms in total. The molecular weight excluding hydrogens is 392 g/mol. The Kier molecular flexibility index (Phi) is 6.92. The first-order chi connectivity index (χ1) is 13.9. The quantitative estimate of drug-likeness (QED) is 0.641. The number of carbonyl (C=O) groups is 1. The minimum Gasteiger partial charge on any atom is -0.494 e. The van der Waals surface area contributed by atoms with Crippen molar-refractivity contribution in [2.24, 2.45) is 7.05 Å². The average molecular weight is 421 g/mol. The van der Waals surface area contributed by atoms with E-state index in [1.807, 2.05) is 0 Å². The predicted octanol–water partition coefficient (Wildman–Crippen LogP) is 2.14. The molecule has 3 rings (SSSR count). The number of ether oxygens (including phenoxy) is 1. The Morgan fingerprint density at radius 2 is 1.90 bits per heavy atom. The minimum absolute atomic E-state index is 0.0919. The number of aryl methyl sites for hydroxylation is 1. The number of aromatic nitrogens is 2. The number of unbranched alkanes of at least 4 members (excludes halogenated alkanes) is 1. The Morgan fingerprint density at radius 3 is 2.55 bits per heavy atom. The first kappa shape index (κ1) is 21.3. The monoisotopic (exact) mass is 420 g/mol. The first-order valence-electron chi connectivity index (χ1n) is 9.92. The second kappa shape index (κ2) is 9.41. The van der Waals surface area contributed by atoms with Gasteiger partial charge in [0.2, 0.25) is 10.0 Å². The maximum atomic E-state index is 12.9. The van der Waals surface area contributed by atoms with Crippen LogP contribution in [-0.2, 0) is 17.1 Å². The summed E-state index contributed by atoms with van der Waals surface area (Å²) < 4.78 is 34.1. The highest BCUT2D eigenvalue weighted by atomic mass is 32.2. The van der Waals surface area contributed by atoms with Crippen molar-refractivity contribution in [3.05, 3.63) is 42.2 Å². The van der Waals surface area contributed by atoms with Gasteiger partial charge in [-0.25, -0.2) is 8.42 Å². The average Bonchev–Trinajstić information content (AvgIpc) is 3.01. The lowest BCUT2D eigenvalue weighted by molar-refractivity contribution is 0.0764. The van der Waals surface area contributed by atoms with Gasteiger partial charge < -0.3 is 9.64 Å². The molecule has 29 heavy (non-hydrogen) atoms. The van der Waals surface area contributed by atoms with Crippen LogP contribution >= 0.6 is 0 Å². The highest BCUT2D eigenvalue weighted by Crippen LogP contribution is 2.19. The number of sulfonamides is 1. The Hall–Kier alpha value is -2.39. The van der Waals surface area contributed by atoms with Gasteiger partial charge in [0.15, 0.2) is 0 Å². The van der Waals surface area contributed by atoms with Gasteiger partial charge in [0, 0.05) is 45.0 Å². The number of carbonyl (C=O) groups excluding carboxylic acids is 1. The molecule has 1 amide bonds. The zero-order chi connectivity index (χ0) is 20.9. The number of benzene rings is 1. The molecule has 158 valence electrons. The summed E-state index contributed by atoms with van der Waals surface area (Å²) in [4.78, 5) is 14.8. The second-order valence-corrected chi connectivity index (χ2v) is 9.06. The summed E-state index contributed by atoms with van der Waals surface area (Å²) in [6, 6.07) is 7.14. The molecule has 9 heteroatoms. The molecule has 0 aliphatic carbocycles. The van der Waals surface area contributed by atoms with Crippen LogP contribution < -0.4 is 4.74 Å². The highest BCUT2D eigenvalue weighted by molar-refractivity contribution is 7.89. The third kappa shape index (κ3) is 5.16. The van der Waals surface area contributed by atoms with Crippen molar-refractivity contribution >= 4 is 15.9 Å². The lowest BCUT2D eigenvalue weighted by Gasteiger charge is -2.21. The van der Waals surface area contributed by atoms with Crippen molar-refractivity contribution in [2.75, 3.05) is 32.8 Å². The zero-order valence-corrected chi connectivity index (χ0v) is 17.8. The van der Waals surface area contributed by atoms with E-state index >= 15 is 0 Å². The molecule has 2 aromatic rings. The summed E-state index contributed by atoms with van der Waals surface area (Å²) >= 11 is 0. The van der Waals surface area contributed by atoms with Crippen molar-refractivity contribution < 1.29 is 17.9 Å². The van der Waals surface area contributed by atoms with Crippen LogP contribution in [0.3, 0.4) is 0 Å². The third-order valence-electron chi connectivity index (χ3n) is 4.93. The van der Waals surface area contributed by atoms with E-state index in [1.54, 1.807) is 36.2 Å². The predicted molar refractivity (Wildman–Crippen MR) is 109 cm³/mol. The second-order valence-electron chi connectivity index (χ2n) is 7.13. The summed E-state index contributed by atoms with van der Waals surface area (Å²) in [5.41, 5.74) is 0.580. The summed E-state index contributed by atoms with van der Waals surface area (Å²) in [5.74, 6) is 0.658. The Morgan fingerprint density at radius 1 is 1.14 bits per heavy atom. The normalized spacial score (nSPS) is 15.9. The fourth-order valence-corrected chi connectivity index (χ4v) is 4.68. The molecular formula is C20H28N4O4S. The summed E-state index contributed by atoms with van der Waals surface area (Å²) in [5, 5.41) is 3.95. The molecule has 0 radical (unpaired) electrons. The first-order valence-corrected chi connectivity index (χ1v) is 11.4. The molecule has 0 unspecified atom stereocenters. The van der Waals surface area contributed by atoms with Crippen LogP contribution in [0.1, 0.15) is 36.5 Å². The molecule has 0 spiro atoms. The van der Waals surface area contributed by atoms with Gasteiger partial charge >= 0.3 is 0 Å². The minimum atomic E-state index is -3.60. The maximum absolute atomic E-state index is 12.9. The van der Waals surface area contributed by atoms with Gasteiger partial charge in [-0.15, -0.1) is 0 Å². The van der Waals surface area contributed by atoms with Crippen molar-refractivity contribution in [2.45, 2.75) is 31.1 Å². The van der Waals surface area contributed by atoms with E-state index in [-0.39, 0.29) is 17.3 Å². The van der Waals surface area contributed by atoms with Crippen molar-refractivity contribution in [1.29, 1.82) is 0 Å². The number of nitrogens with zero attached hydrogens (tertiary/aromatic N) is 4.